The van der Waals surface area contributed by atoms with Gasteiger partial charge in [-0.05, 0) is 67.3 Å². The molecule has 2 aliphatic rings. The number of likely N-dealkylation sites (N-methyl/N-ethyl adjacent to an activating group) is 1. The molecule has 0 amide bonds. The summed E-state index contributed by atoms with van der Waals surface area (Å²) in [5, 5.41) is 10.6. The molecule has 1 aliphatic carbocycles. The zero-order chi connectivity index (χ0) is 18.4. The average molecular weight is 355 g/mol. The van der Waals surface area contributed by atoms with Crippen molar-refractivity contribution < 1.29 is 19.3 Å². The van der Waals surface area contributed by atoms with Crippen LogP contribution in [0, 0.1) is 0 Å². The van der Waals surface area contributed by atoms with E-state index in [0.29, 0.717) is 18.1 Å². The minimum atomic E-state index is 0.199. The van der Waals surface area contributed by atoms with Crippen LogP contribution in [-0.2, 0) is 12.8 Å². The molecule has 1 atom stereocenters. The van der Waals surface area contributed by atoms with E-state index in [1.807, 2.05) is 19.1 Å². The SMILES string of the molecule is CCOc1cc2c(cc1OC)-c1c(OC)c(O)cc3c1C(C2)N(C)CC3. The van der Waals surface area contributed by atoms with Gasteiger partial charge in [-0.15, -0.1) is 0 Å². The predicted molar refractivity (Wildman–Crippen MR) is 101 cm³/mol. The molecule has 2 aromatic carbocycles. The molecule has 1 N–H and O–H groups in total. The van der Waals surface area contributed by atoms with Crippen LogP contribution in [0.2, 0.25) is 0 Å². The topological polar surface area (TPSA) is 51.2 Å². The molecule has 0 bridgehead atoms. The van der Waals surface area contributed by atoms with Gasteiger partial charge in [0.15, 0.2) is 23.0 Å². The lowest BCUT2D eigenvalue weighted by Gasteiger charge is -2.40. The number of ether oxygens (including phenoxy) is 3. The van der Waals surface area contributed by atoms with Crippen molar-refractivity contribution >= 4 is 0 Å². The third-order valence-corrected chi connectivity index (χ3v) is 5.56. The van der Waals surface area contributed by atoms with E-state index >= 15 is 0 Å². The fourth-order valence-corrected chi connectivity index (χ4v) is 4.35. The third kappa shape index (κ3) is 2.42. The lowest BCUT2D eigenvalue weighted by Crippen LogP contribution is -2.35. The number of phenolic OH excluding ortho intramolecular Hbond substituents is 1. The molecule has 0 radical (unpaired) electrons. The minimum absolute atomic E-state index is 0.199. The van der Waals surface area contributed by atoms with Gasteiger partial charge >= 0.3 is 0 Å². The van der Waals surface area contributed by atoms with E-state index in [0.717, 1.165) is 36.3 Å². The Bertz CT molecular complexity index is 862. The predicted octanol–water partition coefficient (Wildman–Crippen LogP) is 3.56. The monoisotopic (exact) mass is 355 g/mol. The van der Waals surface area contributed by atoms with Crippen molar-refractivity contribution in [2.24, 2.45) is 0 Å². The second-order valence-electron chi connectivity index (χ2n) is 6.92. The Morgan fingerprint density at radius 3 is 2.62 bits per heavy atom. The van der Waals surface area contributed by atoms with Crippen molar-refractivity contribution in [2.45, 2.75) is 25.8 Å². The molecule has 4 rings (SSSR count). The normalized spacial score (nSPS) is 18.1. The minimum Gasteiger partial charge on any atom is -0.504 e. The van der Waals surface area contributed by atoms with E-state index in [2.05, 4.69) is 18.0 Å². The summed E-state index contributed by atoms with van der Waals surface area (Å²) in [6.07, 6.45) is 1.83. The summed E-state index contributed by atoms with van der Waals surface area (Å²) >= 11 is 0. The first-order valence-electron chi connectivity index (χ1n) is 9.06. The van der Waals surface area contributed by atoms with Crippen LogP contribution < -0.4 is 14.2 Å². The molecular formula is C21H25NO4. The van der Waals surface area contributed by atoms with Crippen LogP contribution in [-0.4, -0.2) is 44.4 Å². The van der Waals surface area contributed by atoms with E-state index in [4.69, 9.17) is 14.2 Å². The van der Waals surface area contributed by atoms with Gasteiger partial charge in [0, 0.05) is 18.2 Å². The number of fused-ring (bicyclic) bond motifs is 2. The van der Waals surface area contributed by atoms with Crippen molar-refractivity contribution in [3.8, 4) is 34.1 Å². The smallest absolute Gasteiger partial charge is 0.168 e. The Morgan fingerprint density at radius 2 is 1.92 bits per heavy atom. The molecule has 0 spiro atoms. The first-order valence-corrected chi connectivity index (χ1v) is 9.06. The van der Waals surface area contributed by atoms with Crippen LogP contribution in [0.5, 0.6) is 23.0 Å². The number of methoxy groups -OCH3 is 2. The highest BCUT2D eigenvalue weighted by Gasteiger charge is 2.36. The van der Waals surface area contributed by atoms with Crippen molar-refractivity contribution in [1.82, 2.24) is 4.90 Å². The Balaban J connectivity index is 2.02. The molecule has 0 saturated carbocycles. The number of hydrogen-bond acceptors (Lipinski definition) is 5. The maximum atomic E-state index is 10.6. The molecule has 0 aromatic heterocycles. The van der Waals surface area contributed by atoms with E-state index in [1.165, 1.54) is 16.7 Å². The van der Waals surface area contributed by atoms with Gasteiger partial charge in [0.05, 0.1) is 20.8 Å². The number of nitrogens with zero attached hydrogens (tertiary/aromatic N) is 1. The van der Waals surface area contributed by atoms with Gasteiger partial charge in [-0.25, -0.2) is 0 Å². The van der Waals surface area contributed by atoms with Gasteiger partial charge in [0.2, 0.25) is 0 Å². The molecule has 1 heterocycles. The molecule has 2 aromatic rings. The van der Waals surface area contributed by atoms with Gasteiger partial charge in [-0.2, -0.15) is 0 Å². The van der Waals surface area contributed by atoms with Crippen LogP contribution in [0.1, 0.15) is 29.7 Å². The van der Waals surface area contributed by atoms with Crippen LogP contribution >= 0.6 is 0 Å². The summed E-state index contributed by atoms with van der Waals surface area (Å²) in [6, 6.07) is 6.24. The fourth-order valence-electron chi connectivity index (χ4n) is 4.35. The number of benzene rings is 2. The molecule has 5 nitrogen and oxygen atoms in total. The summed E-state index contributed by atoms with van der Waals surface area (Å²) in [7, 11) is 5.42. The first-order chi connectivity index (χ1) is 12.6. The Kier molecular flexibility index (Phi) is 4.19. The summed E-state index contributed by atoms with van der Waals surface area (Å²) in [6.45, 7) is 3.53. The maximum absolute atomic E-state index is 10.6. The van der Waals surface area contributed by atoms with Crippen molar-refractivity contribution in [1.29, 1.82) is 0 Å². The number of phenols is 1. The number of rotatable bonds is 4. The number of hydrogen-bond donors (Lipinski definition) is 1. The van der Waals surface area contributed by atoms with E-state index in [1.54, 1.807) is 14.2 Å². The molecule has 0 fully saturated rings. The van der Waals surface area contributed by atoms with E-state index in [-0.39, 0.29) is 11.8 Å². The standard InChI is InChI=1S/C21H25NO4/c1-5-26-18-10-13-8-15-19-12(6-7-22(15)2)9-16(23)21(25-4)20(19)14(13)11-17(18)24-3/h9-11,15,23H,5-8H2,1-4H3. The molecule has 138 valence electrons. The molecule has 0 saturated heterocycles. The quantitative estimate of drug-likeness (QED) is 0.909. The van der Waals surface area contributed by atoms with Crippen LogP contribution in [0.3, 0.4) is 0 Å². The van der Waals surface area contributed by atoms with Crippen molar-refractivity contribution in [2.75, 3.05) is 34.4 Å². The van der Waals surface area contributed by atoms with E-state index in [9.17, 15) is 5.11 Å². The van der Waals surface area contributed by atoms with Gasteiger partial charge in [0.1, 0.15) is 0 Å². The Hall–Kier alpha value is -2.40. The zero-order valence-electron chi connectivity index (χ0n) is 15.8. The highest BCUT2D eigenvalue weighted by atomic mass is 16.5. The van der Waals surface area contributed by atoms with Crippen molar-refractivity contribution in [3.05, 3.63) is 34.9 Å². The highest BCUT2D eigenvalue weighted by molar-refractivity contribution is 5.84. The molecule has 1 unspecified atom stereocenters. The summed E-state index contributed by atoms with van der Waals surface area (Å²) in [5.41, 5.74) is 5.71. The number of aromatic hydroxyl groups is 1. The molecular weight excluding hydrogens is 330 g/mol. The second-order valence-corrected chi connectivity index (χ2v) is 6.92. The van der Waals surface area contributed by atoms with Crippen molar-refractivity contribution in [3.63, 3.8) is 0 Å². The molecule has 5 heteroatoms. The lowest BCUT2D eigenvalue weighted by atomic mass is 9.76. The lowest BCUT2D eigenvalue weighted by molar-refractivity contribution is 0.226. The average Bonchev–Trinajstić information content (AvgIpc) is 2.64. The maximum Gasteiger partial charge on any atom is 0.168 e. The van der Waals surface area contributed by atoms with Crippen LogP contribution in [0.4, 0.5) is 0 Å². The van der Waals surface area contributed by atoms with Crippen LogP contribution in [0.25, 0.3) is 11.1 Å². The summed E-state index contributed by atoms with van der Waals surface area (Å²) in [5.74, 6) is 2.20. The second kappa shape index (κ2) is 6.40. The first kappa shape index (κ1) is 17.0. The fraction of sp³-hybridized carbons (Fsp3) is 0.429. The Labute approximate surface area is 154 Å². The van der Waals surface area contributed by atoms with Gasteiger partial charge in [0.25, 0.3) is 0 Å². The zero-order valence-corrected chi connectivity index (χ0v) is 15.8. The molecule has 1 aliphatic heterocycles. The molecule has 26 heavy (non-hydrogen) atoms. The Morgan fingerprint density at radius 1 is 1.12 bits per heavy atom. The van der Waals surface area contributed by atoms with Gasteiger partial charge in [-0.1, -0.05) is 0 Å². The van der Waals surface area contributed by atoms with Gasteiger partial charge in [-0.3, -0.25) is 4.90 Å². The summed E-state index contributed by atoms with van der Waals surface area (Å²) < 4.78 is 17.0. The van der Waals surface area contributed by atoms with E-state index < -0.39 is 0 Å². The highest BCUT2D eigenvalue weighted by Crippen LogP contribution is 2.53. The largest absolute Gasteiger partial charge is 0.504 e. The van der Waals surface area contributed by atoms with Crippen LogP contribution in [0.15, 0.2) is 18.2 Å². The van der Waals surface area contributed by atoms with Gasteiger partial charge < -0.3 is 19.3 Å². The third-order valence-electron chi connectivity index (χ3n) is 5.56. The summed E-state index contributed by atoms with van der Waals surface area (Å²) in [4.78, 5) is 2.38.